The van der Waals surface area contributed by atoms with Crippen molar-refractivity contribution in [3.63, 3.8) is 0 Å². The molecule has 1 aliphatic rings. The summed E-state index contributed by atoms with van der Waals surface area (Å²) in [6.45, 7) is 2.81. The number of nitrogens with zero attached hydrogens (tertiary/aromatic N) is 2. The molecule has 25 heavy (non-hydrogen) atoms. The average Bonchev–Trinajstić information content (AvgIpc) is 3.28. The van der Waals surface area contributed by atoms with Crippen molar-refractivity contribution in [2.24, 2.45) is 0 Å². The number of thiazole rings is 1. The van der Waals surface area contributed by atoms with E-state index in [0.29, 0.717) is 19.0 Å². The van der Waals surface area contributed by atoms with Crippen molar-refractivity contribution in [2.45, 2.75) is 0 Å². The van der Waals surface area contributed by atoms with Crippen LogP contribution < -0.4 is 15.8 Å². The van der Waals surface area contributed by atoms with Crippen LogP contribution in [0, 0.1) is 3.77 Å². The summed E-state index contributed by atoms with van der Waals surface area (Å²) < 4.78 is 11.3. The van der Waals surface area contributed by atoms with Gasteiger partial charge in [-0.25, -0.2) is 4.98 Å². The molecule has 0 spiro atoms. The molecule has 2 aromatic rings. The number of carbonyl (C=O) groups is 2. The smallest absolute Gasteiger partial charge is 0.289 e. The maximum Gasteiger partial charge on any atom is 0.289 e. The van der Waals surface area contributed by atoms with Crippen LogP contribution >= 0.6 is 33.9 Å². The first-order chi connectivity index (χ1) is 12.1. The number of furan rings is 1. The van der Waals surface area contributed by atoms with Crippen molar-refractivity contribution >= 4 is 56.9 Å². The van der Waals surface area contributed by atoms with E-state index in [1.165, 1.54) is 23.5 Å². The zero-order chi connectivity index (χ0) is 17.6. The second kappa shape index (κ2) is 8.45. The highest BCUT2D eigenvalue weighted by Crippen LogP contribution is 2.21. The van der Waals surface area contributed by atoms with Crippen LogP contribution in [0.1, 0.15) is 16.2 Å². The van der Waals surface area contributed by atoms with Crippen LogP contribution in [0.15, 0.2) is 28.0 Å². The molecule has 8 nitrogen and oxygen atoms in total. The number of hydrogen-bond donors (Lipinski definition) is 2. The molecule has 0 saturated carbocycles. The number of amides is 2. The van der Waals surface area contributed by atoms with Gasteiger partial charge in [0, 0.05) is 24.5 Å². The first kappa shape index (κ1) is 17.9. The Labute approximate surface area is 161 Å². The van der Waals surface area contributed by atoms with Crippen molar-refractivity contribution in [2.75, 3.05) is 31.2 Å². The standard InChI is InChI=1S/C15H15IN4O4S/c16-12-3-1-10(24-12)2-4-13(21)18-19-14(22)11-9-25-15(17-11)20-5-7-23-8-6-20/h1-4,9H,5-8H2,(H,18,21)(H,19,22)/b4-2+. The Balaban J connectivity index is 1.49. The summed E-state index contributed by atoms with van der Waals surface area (Å²) in [5, 5.41) is 2.43. The maximum atomic E-state index is 12.1. The largest absolute Gasteiger partial charge is 0.451 e. The SMILES string of the molecule is O=C(/C=C/c1ccc(I)o1)NNC(=O)c1csc(N2CCOCC2)n1. The highest BCUT2D eigenvalue weighted by molar-refractivity contribution is 14.1. The van der Waals surface area contributed by atoms with Crippen LogP contribution in [-0.4, -0.2) is 43.1 Å². The Morgan fingerprint density at radius 2 is 2.08 bits per heavy atom. The second-order valence-electron chi connectivity index (χ2n) is 5.03. The average molecular weight is 474 g/mol. The molecular weight excluding hydrogens is 459 g/mol. The van der Waals surface area contributed by atoms with E-state index in [9.17, 15) is 9.59 Å². The third kappa shape index (κ3) is 5.03. The van der Waals surface area contributed by atoms with E-state index >= 15 is 0 Å². The summed E-state index contributed by atoms with van der Waals surface area (Å²) >= 11 is 3.42. The van der Waals surface area contributed by atoms with E-state index in [1.807, 2.05) is 22.6 Å². The number of morpholine rings is 1. The van der Waals surface area contributed by atoms with Gasteiger partial charge in [0.05, 0.1) is 13.2 Å². The van der Waals surface area contributed by atoms with Crippen molar-refractivity contribution in [3.05, 3.63) is 38.8 Å². The fraction of sp³-hybridized carbons (Fsp3) is 0.267. The van der Waals surface area contributed by atoms with Gasteiger partial charge in [-0.2, -0.15) is 0 Å². The first-order valence-electron chi connectivity index (χ1n) is 7.44. The molecule has 3 rings (SSSR count). The monoisotopic (exact) mass is 474 g/mol. The van der Waals surface area contributed by atoms with Gasteiger partial charge in [-0.15, -0.1) is 11.3 Å². The van der Waals surface area contributed by atoms with E-state index in [0.717, 1.165) is 22.0 Å². The normalized spacial score (nSPS) is 14.7. The Kier molecular flexibility index (Phi) is 6.04. The van der Waals surface area contributed by atoms with Gasteiger partial charge >= 0.3 is 0 Å². The van der Waals surface area contributed by atoms with Crippen LogP contribution in [0.5, 0.6) is 0 Å². The van der Waals surface area contributed by atoms with E-state index in [-0.39, 0.29) is 5.69 Å². The number of aromatic nitrogens is 1. The Bertz CT molecular complexity index is 782. The third-order valence-corrected chi connectivity index (χ3v) is 4.78. The lowest BCUT2D eigenvalue weighted by Crippen LogP contribution is -2.41. The molecule has 0 unspecified atom stereocenters. The van der Waals surface area contributed by atoms with Gasteiger partial charge in [-0.3, -0.25) is 20.4 Å². The molecule has 10 heteroatoms. The molecule has 0 radical (unpaired) electrons. The number of ether oxygens (including phenoxy) is 1. The number of anilines is 1. The molecule has 2 amide bonds. The fourth-order valence-corrected chi connectivity index (χ4v) is 3.36. The summed E-state index contributed by atoms with van der Waals surface area (Å²) in [6, 6.07) is 3.53. The summed E-state index contributed by atoms with van der Waals surface area (Å²) in [7, 11) is 0. The predicted molar refractivity (Wildman–Crippen MR) is 101 cm³/mol. The molecule has 0 bridgehead atoms. The van der Waals surface area contributed by atoms with Crippen LogP contribution in [0.3, 0.4) is 0 Å². The lowest BCUT2D eigenvalue weighted by molar-refractivity contribution is -0.117. The van der Waals surface area contributed by atoms with Crippen LogP contribution in [0.4, 0.5) is 5.13 Å². The molecule has 0 aliphatic carbocycles. The minimum atomic E-state index is -0.469. The molecule has 3 heterocycles. The summed E-state index contributed by atoms with van der Waals surface area (Å²) in [6.07, 6.45) is 2.79. The van der Waals surface area contributed by atoms with E-state index < -0.39 is 11.8 Å². The maximum absolute atomic E-state index is 12.1. The topological polar surface area (TPSA) is 96.7 Å². The highest BCUT2D eigenvalue weighted by Gasteiger charge is 2.17. The predicted octanol–water partition coefficient (Wildman–Crippen LogP) is 1.65. The zero-order valence-electron chi connectivity index (χ0n) is 13.0. The summed E-state index contributed by atoms with van der Waals surface area (Å²) in [4.78, 5) is 30.1. The molecule has 132 valence electrons. The van der Waals surface area contributed by atoms with Crippen molar-refractivity contribution < 1.29 is 18.7 Å². The van der Waals surface area contributed by atoms with Crippen molar-refractivity contribution in [1.29, 1.82) is 0 Å². The number of carbonyl (C=O) groups excluding carboxylic acids is 2. The Hall–Kier alpha value is -1.92. The quantitative estimate of drug-likeness (QED) is 0.398. The minimum absolute atomic E-state index is 0.261. The summed E-state index contributed by atoms with van der Waals surface area (Å²) in [5.41, 5.74) is 4.91. The molecule has 0 aromatic carbocycles. The Morgan fingerprint density at radius 3 is 2.80 bits per heavy atom. The number of halogens is 1. The van der Waals surface area contributed by atoms with E-state index in [1.54, 1.807) is 17.5 Å². The fourth-order valence-electron chi connectivity index (χ4n) is 2.07. The van der Waals surface area contributed by atoms with Crippen LogP contribution in [0.2, 0.25) is 0 Å². The van der Waals surface area contributed by atoms with Gasteiger partial charge < -0.3 is 14.1 Å². The lowest BCUT2D eigenvalue weighted by atomic mass is 10.4. The molecule has 2 aromatic heterocycles. The van der Waals surface area contributed by atoms with E-state index in [2.05, 4.69) is 20.7 Å². The van der Waals surface area contributed by atoms with Gasteiger partial charge in [0.2, 0.25) is 0 Å². The van der Waals surface area contributed by atoms with Gasteiger partial charge in [-0.1, -0.05) is 0 Å². The molecule has 2 N–H and O–H groups in total. The van der Waals surface area contributed by atoms with Gasteiger partial charge in [0.1, 0.15) is 11.5 Å². The van der Waals surface area contributed by atoms with Crippen molar-refractivity contribution in [3.8, 4) is 0 Å². The number of hydrazine groups is 1. The third-order valence-electron chi connectivity index (χ3n) is 3.30. The van der Waals surface area contributed by atoms with Crippen LogP contribution in [0.25, 0.3) is 6.08 Å². The molecule has 1 aliphatic heterocycles. The summed E-state index contributed by atoms with van der Waals surface area (Å²) in [5.74, 6) is -0.381. The second-order valence-corrected chi connectivity index (χ2v) is 6.93. The molecule has 0 atom stereocenters. The van der Waals surface area contributed by atoms with Crippen LogP contribution in [-0.2, 0) is 9.53 Å². The van der Waals surface area contributed by atoms with Gasteiger partial charge in [0.15, 0.2) is 8.90 Å². The first-order valence-corrected chi connectivity index (χ1v) is 9.39. The Morgan fingerprint density at radius 1 is 1.28 bits per heavy atom. The van der Waals surface area contributed by atoms with Gasteiger partial charge in [0.25, 0.3) is 11.8 Å². The number of hydrogen-bond acceptors (Lipinski definition) is 7. The van der Waals surface area contributed by atoms with Crippen molar-refractivity contribution in [1.82, 2.24) is 15.8 Å². The lowest BCUT2D eigenvalue weighted by Gasteiger charge is -2.25. The molecular formula is C15H15IN4O4S. The molecule has 1 fully saturated rings. The minimum Gasteiger partial charge on any atom is -0.451 e. The zero-order valence-corrected chi connectivity index (χ0v) is 16.0. The number of nitrogens with one attached hydrogen (secondary N) is 2. The van der Waals surface area contributed by atoms with Gasteiger partial charge in [-0.05, 0) is 40.8 Å². The van der Waals surface area contributed by atoms with E-state index in [4.69, 9.17) is 9.15 Å². The molecule has 1 saturated heterocycles. The number of rotatable bonds is 4. The highest BCUT2D eigenvalue weighted by atomic mass is 127.